The lowest BCUT2D eigenvalue weighted by molar-refractivity contribution is 0.204. The van der Waals surface area contributed by atoms with E-state index in [-0.39, 0.29) is 0 Å². The summed E-state index contributed by atoms with van der Waals surface area (Å²) in [6, 6.07) is 5.13. The van der Waals surface area contributed by atoms with Gasteiger partial charge in [0.25, 0.3) is 0 Å². The molecule has 0 saturated heterocycles. The standard InChI is InChI=1S/C11H11N3O2/c1-16-9-3-2-5-13-10(9)11(15)8-4-6-12-7-14-8/h2-7,11,15H,1H3. The lowest BCUT2D eigenvalue weighted by atomic mass is 10.1. The molecule has 5 heteroatoms. The number of aromatic nitrogens is 3. The molecule has 0 aliphatic heterocycles. The van der Waals surface area contributed by atoms with E-state index in [1.165, 1.54) is 13.4 Å². The molecule has 2 aromatic heterocycles. The van der Waals surface area contributed by atoms with Crippen LogP contribution in [0.5, 0.6) is 5.75 Å². The second-order valence-electron chi connectivity index (χ2n) is 3.13. The van der Waals surface area contributed by atoms with E-state index in [0.29, 0.717) is 17.1 Å². The largest absolute Gasteiger partial charge is 0.495 e. The fraction of sp³-hybridized carbons (Fsp3) is 0.182. The molecule has 16 heavy (non-hydrogen) atoms. The zero-order chi connectivity index (χ0) is 11.4. The van der Waals surface area contributed by atoms with Gasteiger partial charge in [-0.15, -0.1) is 0 Å². The molecule has 1 N–H and O–H groups in total. The number of rotatable bonds is 3. The number of hydrogen-bond donors (Lipinski definition) is 1. The number of ether oxygens (including phenoxy) is 1. The van der Waals surface area contributed by atoms with E-state index in [1.54, 1.807) is 30.6 Å². The van der Waals surface area contributed by atoms with Gasteiger partial charge in [-0.2, -0.15) is 0 Å². The summed E-state index contributed by atoms with van der Waals surface area (Å²) < 4.78 is 5.12. The predicted molar refractivity (Wildman–Crippen MR) is 56.9 cm³/mol. The third-order valence-corrected chi connectivity index (χ3v) is 2.16. The first-order valence-electron chi connectivity index (χ1n) is 4.76. The van der Waals surface area contributed by atoms with Gasteiger partial charge in [-0.3, -0.25) is 4.98 Å². The molecule has 0 spiro atoms. The quantitative estimate of drug-likeness (QED) is 0.829. The Morgan fingerprint density at radius 2 is 2.12 bits per heavy atom. The Morgan fingerprint density at radius 1 is 1.25 bits per heavy atom. The van der Waals surface area contributed by atoms with Gasteiger partial charge in [-0.05, 0) is 18.2 Å². The Labute approximate surface area is 92.8 Å². The third-order valence-electron chi connectivity index (χ3n) is 2.16. The minimum Gasteiger partial charge on any atom is -0.495 e. The second kappa shape index (κ2) is 4.67. The van der Waals surface area contributed by atoms with E-state index < -0.39 is 6.10 Å². The number of nitrogens with zero attached hydrogens (tertiary/aromatic N) is 3. The summed E-state index contributed by atoms with van der Waals surface area (Å²) >= 11 is 0. The first-order valence-corrected chi connectivity index (χ1v) is 4.76. The lowest BCUT2D eigenvalue weighted by Gasteiger charge is -2.12. The normalized spacial score (nSPS) is 12.1. The van der Waals surface area contributed by atoms with Crippen molar-refractivity contribution >= 4 is 0 Å². The monoisotopic (exact) mass is 217 g/mol. The maximum atomic E-state index is 10.1. The Kier molecular flexibility index (Phi) is 3.07. The van der Waals surface area contributed by atoms with Crippen LogP contribution < -0.4 is 4.74 Å². The lowest BCUT2D eigenvalue weighted by Crippen LogP contribution is -2.06. The van der Waals surface area contributed by atoms with E-state index in [0.717, 1.165) is 0 Å². The summed E-state index contributed by atoms with van der Waals surface area (Å²) in [5.74, 6) is 0.536. The van der Waals surface area contributed by atoms with Crippen molar-refractivity contribution < 1.29 is 9.84 Å². The molecule has 0 aliphatic carbocycles. The average molecular weight is 217 g/mol. The second-order valence-corrected chi connectivity index (χ2v) is 3.13. The highest BCUT2D eigenvalue weighted by molar-refractivity contribution is 5.32. The van der Waals surface area contributed by atoms with Crippen molar-refractivity contribution in [2.45, 2.75) is 6.10 Å². The topological polar surface area (TPSA) is 68.1 Å². The highest BCUT2D eigenvalue weighted by Gasteiger charge is 2.17. The molecule has 1 atom stereocenters. The fourth-order valence-corrected chi connectivity index (χ4v) is 1.38. The number of hydrogen-bond acceptors (Lipinski definition) is 5. The molecule has 0 aliphatic rings. The molecule has 0 fully saturated rings. The SMILES string of the molecule is COc1cccnc1C(O)c1ccncn1. The molecule has 2 heterocycles. The summed E-state index contributed by atoms with van der Waals surface area (Å²) in [6.45, 7) is 0. The minimum absolute atomic E-state index is 0.448. The molecule has 5 nitrogen and oxygen atoms in total. The van der Waals surface area contributed by atoms with Crippen LogP contribution in [0.2, 0.25) is 0 Å². The van der Waals surface area contributed by atoms with Gasteiger partial charge in [0, 0.05) is 12.4 Å². The van der Waals surface area contributed by atoms with Crippen molar-refractivity contribution in [1.29, 1.82) is 0 Å². The van der Waals surface area contributed by atoms with Crippen LogP contribution in [0.1, 0.15) is 17.5 Å². The van der Waals surface area contributed by atoms with Crippen molar-refractivity contribution in [2.24, 2.45) is 0 Å². The zero-order valence-electron chi connectivity index (χ0n) is 8.74. The van der Waals surface area contributed by atoms with Crippen LogP contribution in [0.4, 0.5) is 0 Å². The zero-order valence-corrected chi connectivity index (χ0v) is 8.74. The highest BCUT2D eigenvalue weighted by atomic mass is 16.5. The maximum absolute atomic E-state index is 10.1. The van der Waals surface area contributed by atoms with Crippen molar-refractivity contribution in [1.82, 2.24) is 15.0 Å². The first kappa shape index (κ1) is 10.5. The molecule has 0 amide bonds. The smallest absolute Gasteiger partial charge is 0.143 e. The van der Waals surface area contributed by atoms with Gasteiger partial charge in [0.05, 0.1) is 12.8 Å². The molecular weight excluding hydrogens is 206 g/mol. The maximum Gasteiger partial charge on any atom is 0.143 e. The van der Waals surface area contributed by atoms with Crippen LogP contribution in [-0.4, -0.2) is 27.2 Å². The number of aliphatic hydroxyl groups excluding tert-OH is 1. The van der Waals surface area contributed by atoms with Crippen LogP contribution >= 0.6 is 0 Å². The Morgan fingerprint density at radius 3 is 2.81 bits per heavy atom. The minimum atomic E-state index is -0.904. The van der Waals surface area contributed by atoms with Crippen LogP contribution in [0.25, 0.3) is 0 Å². The van der Waals surface area contributed by atoms with Gasteiger partial charge in [-0.25, -0.2) is 9.97 Å². The summed E-state index contributed by atoms with van der Waals surface area (Å²) in [6.07, 6.45) is 3.65. The highest BCUT2D eigenvalue weighted by Crippen LogP contribution is 2.25. The van der Waals surface area contributed by atoms with E-state index in [9.17, 15) is 5.11 Å². The van der Waals surface area contributed by atoms with Crippen molar-refractivity contribution in [3.8, 4) is 5.75 Å². The Balaban J connectivity index is 2.37. The molecule has 1 unspecified atom stereocenters. The number of methoxy groups -OCH3 is 1. The first-order chi connectivity index (χ1) is 7.83. The fourth-order valence-electron chi connectivity index (χ4n) is 1.38. The molecule has 2 aromatic rings. The number of aliphatic hydroxyl groups is 1. The van der Waals surface area contributed by atoms with Gasteiger partial charge in [0.1, 0.15) is 23.9 Å². The van der Waals surface area contributed by atoms with Crippen LogP contribution in [0.15, 0.2) is 36.9 Å². The molecule has 0 saturated carbocycles. The molecule has 82 valence electrons. The molecule has 0 aromatic carbocycles. The predicted octanol–water partition coefficient (Wildman–Crippen LogP) is 0.962. The molecule has 0 bridgehead atoms. The van der Waals surface area contributed by atoms with Crippen molar-refractivity contribution in [3.63, 3.8) is 0 Å². The Hall–Kier alpha value is -2.01. The summed E-state index contributed by atoms with van der Waals surface area (Å²) in [5, 5.41) is 10.1. The van der Waals surface area contributed by atoms with E-state index >= 15 is 0 Å². The van der Waals surface area contributed by atoms with Crippen LogP contribution in [-0.2, 0) is 0 Å². The van der Waals surface area contributed by atoms with Crippen molar-refractivity contribution in [2.75, 3.05) is 7.11 Å². The van der Waals surface area contributed by atoms with E-state index in [1.807, 2.05) is 0 Å². The summed E-state index contributed by atoms with van der Waals surface area (Å²) in [7, 11) is 1.53. The van der Waals surface area contributed by atoms with Crippen molar-refractivity contribution in [3.05, 3.63) is 48.3 Å². The van der Waals surface area contributed by atoms with Gasteiger partial charge < -0.3 is 9.84 Å². The Bertz CT molecular complexity index is 462. The number of pyridine rings is 1. The van der Waals surface area contributed by atoms with Gasteiger partial charge in [-0.1, -0.05) is 0 Å². The van der Waals surface area contributed by atoms with Crippen LogP contribution in [0.3, 0.4) is 0 Å². The summed E-state index contributed by atoms with van der Waals surface area (Å²) in [4.78, 5) is 11.9. The molecular formula is C11H11N3O2. The summed E-state index contributed by atoms with van der Waals surface area (Å²) in [5.41, 5.74) is 0.940. The van der Waals surface area contributed by atoms with E-state index in [4.69, 9.17) is 4.74 Å². The molecule has 2 rings (SSSR count). The van der Waals surface area contributed by atoms with Gasteiger partial charge in [0.2, 0.25) is 0 Å². The van der Waals surface area contributed by atoms with Gasteiger partial charge >= 0.3 is 0 Å². The van der Waals surface area contributed by atoms with Crippen LogP contribution in [0, 0.1) is 0 Å². The van der Waals surface area contributed by atoms with Gasteiger partial charge in [0.15, 0.2) is 0 Å². The average Bonchev–Trinajstić information content (AvgIpc) is 2.39. The van der Waals surface area contributed by atoms with E-state index in [2.05, 4.69) is 15.0 Å². The molecule has 0 radical (unpaired) electrons. The third kappa shape index (κ3) is 1.99.